The molecule has 0 aromatic heterocycles. The number of ether oxygens (including phenoxy) is 1. The summed E-state index contributed by atoms with van der Waals surface area (Å²) in [5.41, 5.74) is 0. The Labute approximate surface area is 121 Å². The lowest BCUT2D eigenvalue weighted by molar-refractivity contribution is 0.140. The third-order valence-electron chi connectivity index (χ3n) is 3.69. The average molecular weight is 271 g/mol. The van der Waals surface area contributed by atoms with E-state index in [4.69, 9.17) is 4.74 Å². The van der Waals surface area contributed by atoms with Gasteiger partial charge in [0, 0.05) is 19.3 Å². The van der Waals surface area contributed by atoms with Crippen LogP contribution in [0.25, 0.3) is 0 Å². The molecule has 0 fully saturated rings. The van der Waals surface area contributed by atoms with Crippen molar-refractivity contribution >= 4 is 0 Å². The van der Waals surface area contributed by atoms with E-state index in [1.807, 2.05) is 0 Å². The van der Waals surface area contributed by atoms with Gasteiger partial charge in [-0.15, -0.1) is 0 Å². The van der Waals surface area contributed by atoms with E-state index in [1.165, 1.54) is 64.2 Å². The predicted octanol–water partition coefficient (Wildman–Crippen LogP) is 4.92. The molecule has 1 N–H and O–H groups in total. The van der Waals surface area contributed by atoms with E-state index < -0.39 is 0 Å². The number of hydrogen-bond donors (Lipinski definition) is 1. The van der Waals surface area contributed by atoms with Crippen LogP contribution in [0.1, 0.15) is 85.0 Å². The fourth-order valence-electron chi connectivity index (χ4n) is 2.56. The van der Waals surface area contributed by atoms with Gasteiger partial charge in [-0.05, 0) is 32.7 Å². The second-order valence-electron chi connectivity index (χ2n) is 5.50. The van der Waals surface area contributed by atoms with Crippen molar-refractivity contribution in [1.29, 1.82) is 0 Å². The first-order valence-electron chi connectivity index (χ1n) is 8.66. The second-order valence-corrected chi connectivity index (χ2v) is 5.50. The van der Waals surface area contributed by atoms with Gasteiger partial charge in [0.25, 0.3) is 0 Å². The molecule has 0 radical (unpaired) electrons. The summed E-state index contributed by atoms with van der Waals surface area (Å²) < 4.78 is 5.41. The van der Waals surface area contributed by atoms with Crippen LogP contribution < -0.4 is 5.32 Å². The molecule has 0 aliphatic heterocycles. The van der Waals surface area contributed by atoms with Crippen LogP contribution in [0.3, 0.4) is 0 Å². The van der Waals surface area contributed by atoms with E-state index in [1.54, 1.807) is 0 Å². The molecule has 0 spiro atoms. The first-order chi connectivity index (χ1) is 9.35. The highest BCUT2D eigenvalue weighted by Crippen LogP contribution is 2.12. The van der Waals surface area contributed by atoms with E-state index in [9.17, 15) is 0 Å². The Morgan fingerprint density at radius 3 is 2.05 bits per heavy atom. The summed E-state index contributed by atoms with van der Waals surface area (Å²) >= 11 is 0. The molecule has 0 heterocycles. The largest absolute Gasteiger partial charge is 0.382 e. The molecule has 0 saturated heterocycles. The van der Waals surface area contributed by atoms with Gasteiger partial charge in [0.05, 0.1) is 0 Å². The van der Waals surface area contributed by atoms with Crippen molar-refractivity contribution in [3.05, 3.63) is 0 Å². The highest BCUT2D eigenvalue weighted by molar-refractivity contribution is 4.66. The normalized spacial score (nSPS) is 12.8. The minimum absolute atomic E-state index is 0.709. The van der Waals surface area contributed by atoms with Crippen molar-refractivity contribution in [3.8, 4) is 0 Å². The molecule has 1 unspecified atom stereocenters. The molecule has 0 aromatic rings. The van der Waals surface area contributed by atoms with Crippen LogP contribution in [0.2, 0.25) is 0 Å². The van der Waals surface area contributed by atoms with Gasteiger partial charge in [0.15, 0.2) is 0 Å². The molecule has 2 nitrogen and oxygen atoms in total. The van der Waals surface area contributed by atoms with Gasteiger partial charge in [-0.2, -0.15) is 0 Å². The van der Waals surface area contributed by atoms with E-state index in [0.29, 0.717) is 6.04 Å². The summed E-state index contributed by atoms with van der Waals surface area (Å²) in [6, 6.07) is 0.709. The molecule has 116 valence electrons. The van der Waals surface area contributed by atoms with Crippen molar-refractivity contribution in [1.82, 2.24) is 5.32 Å². The summed E-state index contributed by atoms with van der Waals surface area (Å²) in [5, 5.41) is 3.62. The topological polar surface area (TPSA) is 21.3 Å². The number of nitrogens with one attached hydrogen (secondary N) is 1. The first-order valence-corrected chi connectivity index (χ1v) is 8.66. The van der Waals surface area contributed by atoms with E-state index in [2.05, 4.69) is 26.1 Å². The van der Waals surface area contributed by atoms with Crippen molar-refractivity contribution in [2.45, 2.75) is 91.0 Å². The predicted molar refractivity (Wildman–Crippen MR) is 85.8 cm³/mol. The van der Waals surface area contributed by atoms with Crippen LogP contribution >= 0.6 is 0 Å². The van der Waals surface area contributed by atoms with Gasteiger partial charge < -0.3 is 10.1 Å². The highest BCUT2D eigenvalue weighted by atomic mass is 16.5. The first kappa shape index (κ1) is 18.9. The van der Waals surface area contributed by atoms with Crippen LogP contribution in [-0.4, -0.2) is 25.8 Å². The van der Waals surface area contributed by atoms with Crippen LogP contribution in [0.5, 0.6) is 0 Å². The average Bonchev–Trinajstić information content (AvgIpc) is 2.42. The van der Waals surface area contributed by atoms with Crippen LogP contribution in [0.15, 0.2) is 0 Å². The molecular weight excluding hydrogens is 234 g/mol. The van der Waals surface area contributed by atoms with Crippen molar-refractivity contribution < 1.29 is 4.74 Å². The molecule has 0 aliphatic rings. The van der Waals surface area contributed by atoms with E-state index in [0.717, 1.165) is 19.8 Å². The zero-order chi connectivity index (χ0) is 14.2. The Bertz CT molecular complexity index is 161. The Balaban J connectivity index is 3.42. The third kappa shape index (κ3) is 14.1. The Kier molecular flexibility index (Phi) is 15.9. The summed E-state index contributed by atoms with van der Waals surface area (Å²) in [6.07, 6.45) is 13.7. The van der Waals surface area contributed by atoms with Crippen LogP contribution in [-0.2, 0) is 4.74 Å². The third-order valence-corrected chi connectivity index (χ3v) is 3.69. The maximum Gasteiger partial charge on any atom is 0.0466 e. The van der Waals surface area contributed by atoms with Crippen molar-refractivity contribution in [2.24, 2.45) is 0 Å². The molecule has 0 amide bonds. The maximum atomic E-state index is 5.41. The molecular formula is C17H37NO. The molecule has 1 atom stereocenters. The lowest BCUT2D eigenvalue weighted by Gasteiger charge is -2.17. The Hall–Kier alpha value is -0.0800. The van der Waals surface area contributed by atoms with Crippen molar-refractivity contribution in [2.75, 3.05) is 19.8 Å². The van der Waals surface area contributed by atoms with E-state index >= 15 is 0 Å². The quantitative estimate of drug-likeness (QED) is 0.427. The van der Waals surface area contributed by atoms with Crippen molar-refractivity contribution in [3.63, 3.8) is 0 Å². The number of unbranched alkanes of at least 4 members (excludes halogenated alkanes) is 6. The smallest absolute Gasteiger partial charge is 0.0466 e. The fraction of sp³-hybridized carbons (Fsp3) is 1.00. The van der Waals surface area contributed by atoms with Gasteiger partial charge in [0.1, 0.15) is 0 Å². The molecule has 0 aliphatic carbocycles. The minimum atomic E-state index is 0.709. The lowest BCUT2D eigenvalue weighted by atomic mass is 10.0. The molecule has 19 heavy (non-hydrogen) atoms. The Morgan fingerprint density at radius 2 is 1.42 bits per heavy atom. The van der Waals surface area contributed by atoms with Gasteiger partial charge >= 0.3 is 0 Å². The maximum absolute atomic E-state index is 5.41. The zero-order valence-corrected chi connectivity index (χ0v) is 13.7. The van der Waals surface area contributed by atoms with Crippen LogP contribution in [0, 0.1) is 0 Å². The molecule has 0 saturated carbocycles. The monoisotopic (exact) mass is 271 g/mol. The number of rotatable bonds is 15. The van der Waals surface area contributed by atoms with Gasteiger partial charge in [-0.3, -0.25) is 0 Å². The van der Waals surface area contributed by atoms with Crippen LogP contribution in [0.4, 0.5) is 0 Å². The minimum Gasteiger partial charge on any atom is -0.382 e. The Morgan fingerprint density at radius 1 is 0.789 bits per heavy atom. The van der Waals surface area contributed by atoms with E-state index in [-0.39, 0.29) is 0 Å². The molecule has 0 aromatic carbocycles. The number of hydrogen-bond acceptors (Lipinski definition) is 2. The molecule has 0 bridgehead atoms. The molecule has 0 rings (SSSR count). The summed E-state index contributed by atoms with van der Waals surface area (Å²) in [5.74, 6) is 0. The lowest BCUT2D eigenvalue weighted by Crippen LogP contribution is -2.29. The molecule has 2 heteroatoms. The summed E-state index contributed by atoms with van der Waals surface area (Å²) in [4.78, 5) is 0. The zero-order valence-electron chi connectivity index (χ0n) is 13.7. The standard InChI is InChI=1S/C17H37NO/c1-4-7-8-9-10-11-12-14-17(18-5-2)15-13-16-19-6-3/h17-18H,4-16H2,1-3H3. The summed E-state index contributed by atoms with van der Waals surface area (Å²) in [7, 11) is 0. The van der Waals surface area contributed by atoms with Gasteiger partial charge in [-0.1, -0.05) is 58.8 Å². The summed E-state index contributed by atoms with van der Waals surface area (Å²) in [6.45, 7) is 9.43. The highest BCUT2D eigenvalue weighted by Gasteiger charge is 2.06. The van der Waals surface area contributed by atoms with Gasteiger partial charge in [0.2, 0.25) is 0 Å². The van der Waals surface area contributed by atoms with Gasteiger partial charge in [-0.25, -0.2) is 0 Å². The second kappa shape index (κ2) is 16.0. The fourth-order valence-corrected chi connectivity index (χ4v) is 2.56. The SMILES string of the molecule is CCCCCCCCCC(CCCOCC)NCC.